The molecule has 0 saturated carbocycles. The predicted molar refractivity (Wildman–Crippen MR) is 91.7 cm³/mol. The molecular weight excluding hydrogens is 322 g/mol. The third-order valence-electron chi connectivity index (χ3n) is 4.19. The Balaban J connectivity index is 1.81. The van der Waals surface area contributed by atoms with E-state index in [9.17, 15) is 9.90 Å². The van der Waals surface area contributed by atoms with Gasteiger partial charge in [0.1, 0.15) is 0 Å². The van der Waals surface area contributed by atoms with Crippen molar-refractivity contribution in [2.45, 2.75) is 18.9 Å². The topological polar surface area (TPSA) is 84.8 Å². The van der Waals surface area contributed by atoms with Crippen molar-refractivity contribution in [1.29, 1.82) is 0 Å². The number of hydrogen-bond acceptors (Lipinski definition) is 6. The molecule has 132 valence electrons. The second-order valence-electron chi connectivity index (χ2n) is 5.91. The van der Waals surface area contributed by atoms with E-state index in [1.165, 1.54) is 14.2 Å². The van der Waals surface area contributed by atoms with Gasteiger partial charge in [0.25, 0.3) is 5.91 Å². The van der Waals surface area contributed by atoms with E-state index in [-0.39, 0.29) is 11.9 Å². The predicted octanol–water partition coefficient (Wildman–Crippen LogP) is 1.76. The Hall–Kier alpha value is -2.67. The number of methoxy groups -OCH3 is 2. The van der Waals surface area contributed by atoms with E-state index in [0.29, 0.717) is 30.2 Å². The molecule has 1 aliphatic heterocycles. The van der Waals surface area contributed by atoms with Crippen molar-refractivity contribution >= 4 is 5.91 Å². The summed E-state index contributed by atoms with van der Waals surface area (Å²) in [5.41, 5.74) is 2.07. The molecule has 3 rings (SSSR count). The smallest absolute Gasteiger partial charge is 0.320 e. The monoisotopic (exact) mass is 343 g/mol. The molecule has 2 aromatic rings. The number of carbonyl (C=O) groups is 1. The van der Waals surface area contributed by atoms with Crippen LogP contribution in [0.3, 0.4) is 0 Å². The van der Waals surface area contributed by atoms with Crippen molar-refractivity contribution < 1.29 is 19.4 Å². The molecule has 1 atom stereocenters. The van der Waals surface area contributed by atoms with Crippen LogP contribution in [0.15, 0.2) is 30.3 Å². The van der Waals surface area contributed by atoms with Gasteiger partial charge < -0.3 is 19.5 Å². The molecule has 2 heterocycles. The minimum Gasteiger partial charge on any atom is -0.481 e. The highest BCUT2D eigenvalue weighted by atomic mass is 16.5. The number of rotatable bonds is 4. The van der Waals surface area contributed by atoms with E-state index in [1.807, 2.05) is 12.1 Å². The largest absolute Gasteiger partial charge is 0.481 e. The summed E-state index contributed by atoms with van der Waals surface area (Å²) in [5, 5.41) is 9.74. The van der Waals surface area contributed by atoms with Gasteiger partial charge in [0.15, 0.2) is 0 Å². The number of ether oxygens (including phenoxy) is 2. The average Bonchev–Trinajstić information content (AvgIpc) is 2.67. The molecule has 1 fully saturated rings. The molecule has 25 heavy (non-hydrogen) atoms. The Morgan fingerprint density at radius 3 is 2.60 bits per heavy atom. The number of hydrogen-bond donors (Lipinski definition) is 1. The second-order valence-corrected chi connectivity index (χ2v) is 5.91. The lowest BCUT2D eigenvalue weighted by Crippen LogP contribution is -2.42. The van der Waals surface area contributed by atoms with Gasteiger partial charge in [-0.3, -0.25) is 4.79 Å². The van der Waals surface area contributed by atoms with Crippen LogP contribution in [0.25, 0.3) is 11.3 Å². The zero-order chi connectivity index (χ0) is 17.8. The molecule has 0 bridgehead atoms. The number of aliphatic hydroxyl groups excluding tert-OH is 1. The van der Waals surface area contributed by atoms with Gasteiger partial charge in [-0.25, -0.2) is 0 Å². The van der Waals surface area contributed by atoms with Crippen LogP contribution in [0, 0.1) is 0 Å². The van der Waals surface area contributed by atoms with Crippen molar-refractivity contribution in [2.75, 3.05) is 27.3 Å². The summed E-state index contributed by atoms with van der Waals surface area (Å²) >= 11 is 0. The van der Waals surface area contributed by atoms with Gasteiger partial charge in [-0.15, -0.1) is 0 Å². The average molecular weight is 343 g/mol. The first-order chi connectivity index (χ1) is 12.1. The second kappa shape index (κ2) is 7.48. The maximum atomic E-state index is 12.5. The minimum absolute atomic E-state index is 0.0665. The molecule has 0 radical (unpaired) electrons. The lowest BCUT2D eigenvalue weighted by Gasteiger charge is -2.30. The fourth-order valence-electron chi connectivity index (χ4n) is 2.85. The van der Waals surface area contributed by atoms with Gasteiger partial charge in [0.2, 0.25) is 5.88 Å². The van der Waals surface area contributed by atoms with E-state index in [2.05, 4.69) is 9.97 Å². The molecule has 1 unspecified atom stereocenters. The Morgan fingerprint density at radius 1 is 1.20 bits per heavy atom. The normalized spacial score (nSPS) is 17.2. The molecule has 7 heteroatoms. The molecule has 0 spiro atoms. The molecule has 1 saturated heterocycles. The van der Waals surface area contributed by atoms with Crippen LogP contribution in [0.1, 0.15) is 23.2 Å². The fourth-order valence-corrected chi connectivity index (χ4v) is 2.85. The van der Waals surface area contributed by atoms with Gasteiger partial charge in [0, 0.05) is 30.3 Å². The molecule has 1 N–H and O–H groups in total. The van der Waals surface area contributed by atoms with Gasteiger partial charge in [-0.2, -0.15) is 9.97 Å². The van der Waals surface area contributed by atoms with Crippen LogP contribution in [-0.4, -0.2) is 59.3 Å². The fraction of sp³-hybridized carbons (Fsp3) is 0.389. The number of aliphatic hydroxyl groups is 1. The summed E-state index contributed by atoms with van der Waals surface area (Å²) in [6.07, 6.45) is 1.14. The Bertz CT molecular complexity index is 726. The van der Waals surface area contributed by atoms with Crippen molar-refractivity contribution in [3.63, 3.8) is 0 Å². The quantitative estimate of drug-likeness (QED) is 0.910. The third-order valence-corrected chi connectivity index (χ3v) is 4.19. The summed E-state index contributed by atoms with van der Waals surface area (Å²) in [4.78, 5) is 22.6. The first-order valence-corrected chi connectivity index (χ1v) is 8.15. The van der Waals surface area contributed by atoms with E-state index >= 15 is 0 Å². The first kappa shape index (κ1) is 17.2. The standard InChI is InChI=1S/C18H21N3O4/c1-24-16-10-15(19-18(20-16)25-2)12-5-7-13(8-6-12)17(23)21-9-3-4-14(22)11-21/h5-8,10,14,22H,3-4,9,11H2,1-2H3. The third kappa shape index (κ3) is 3.88. The van der Waals surface area contributed by atoms with Gasteiger partial charge in [0.05, 0.1) is 26.0 Å². The number of benzene rings is 1. The summed E-state index contributed by atoms with van der Waals surface area (Å²) in [6.45, 7) is 1.07. The van der Waals surface area contributed by atoms with E-state index in [4.69, 9.17) is 9.47 Å². The number of likely N-dealkylation sites (tertiary alicyclic amines) is 1. The number of carbonyl (C=O) groups excluding carboxylic acids is 1. The summed E-state index contributed by atoms with van der Waals surface area (Å²) in [7, 11) is 3.02. The molecule has 0 aliphatic carbocycles. The van der Waals surface area contributed by atoms with Crippen molar-refractivity contribution in [3.8, 4) is 23.1 Å². The van der Waals surface area contributed by atoms with Crippen LogP contribution in [0.4, 0.5) is 0 Å². The zero-order valence-electron chi connectivity index (χ0n) is 14.3. The maximum absolute atomic E-state index is 12.5. The molecular formula is C18H21N3O4. The zero-order valence-corrected chi connectivity index (χ0v) is 14.3. The van der Waals surface area contributed by atoms with Crippen molar-refractivity contribution in [3.05, 3.63) is 35.9 Å². The molecule has 1 aromatic carbocycles. The van der Waals surface area contributed by atoms with E-state index < -0.39 is 6.10 Å². The van der Waals surface area contributed by atoms with Crippen molar-refractivity contribution in [1.82, 2.24) is 14.9 Å². The maximum Gasteiger partial charge on any atom is 0.320 e. The SMILES string of the molecule is COc1cc(-c2ccc(C(=O)N3CCCC(O)C3)cc2)nc(OC)n1. The lowest BCUT2D eigenvalue weighted by atomic mass is 10.0. The molecule has 1 amide bonds. The van der Waals surface area contributed by atoms with Crippen LogP contribution in [0.2, 0.25) is 0 Å². The summed E-state index contributed by atoms with van der Waals surface area (Å²) in [6, 6.07) is 9.11. The number of amides is 1. The van der Waals surface area contributed by atoms with E-state index in [1.54, 1.807) is 23.1 Å². The number of β-amino-alcohol motifs (C(OH)–C–C–N with tert-alkyl or cyclic N) is 1. The van der Waals surface area contributed by atoms with Crippen LogP contribution in [0.5, 0.6) is 11.9 Å². The molecule has 1 aromatic heterocycles. The lowest BCUT2D eigenvalue weighted by molar-refractivity contribution is 0.0474. The van der Waals surface area contributed by atoms with E-state index in [0.717, 1.165) is 18.4 Å². The number of aromatic nitrogens is 2. The Morgan fingerprint density at radius 2 is 1.96 bits per heavy atom. The Labute approximate surface area is 146 Å². The highest BCUT2D eigenvalue weighted by Gasteiger charge is 2.23. The van der Waals surface area contributed by atoms with Crippen LogP contribution >= 0.6 is 0 Å². The number of nitrogens with zero attached hydrogens (tertiary/aromatic N) is 3. The summed E-state index contributed by atoms with van der Waals surface area (Å²) < 4.78 is 10.2. The van der Waals surface area contributed by atoms with Crippen molar-refractivity contribution in [2.24, 2.45) is 0 Å². The minimum atomic E-state index is -0.432. The number of piperidine rings is 1. The highest BCUT2D eigenvalue weighted by Crippen LogP contribution is 2.24. The highest BCUT2D eigenvalue weighted by molar-refractivity contribution is 5.94. The van der Waals surface area contributed by atoms with Gasteiger partial charge in [-0.05, 0) is 25.0 Å². The van der Waals surface area contributed by atoms with Crippen LogP contribution in [-0.2, 0) is 0 Å². The van der Waals surface area contributed by atoms with Crippen LogP contribution < -0.4 is 9.47 Å². The molecule has 1 aliphatic rings. The first-order valence-electron chi connectivity index (χ1n) is 8.15. The molecule has 7 nitrogen and oxygen atoms in total. The van der Waals surface area contributed by atoms with Gasteiger partial charge >= 0.3 is 6.01 Å². The Kier molecular flexibility index (Phi) is 5.14. The van der Waals surface area contributed by atoms with Gasteiger partial charge in [-0.1, -0.05) is 12.1 Å². The summed E-state index contributed by atoms with van der Waals surface area (Å²) in [5.74, 6) is 0.340.